The van der Waals surface area contributed by atoms with E-state index in [1.165, 1.54) is 12.0 Å². The second kappa shape index (κ2) is 6.21. The van der Waals surface area contributed by atoms with Gasteiger partial charge in [-0.05, 0) is 6.92 Å². The molecule has 112 valence electrons. The van der Waals surface area contributed by atoms with Gasteiger partial charge in [-0.3, -0.25) is 9.59 Å². The molecule has 20 heavy (non-hydrogen) atoms. The Labute approximate surface area is 117 Å². The largest absolute Gasteiger partial charge is 0.467 e. The number of esters is 1. The maximum Gasteiger partial charge on any atom is 0.331 e. The second-order valence-corrected chi connectivity index (χ2v) is 4.98. The highest BCUT2D eigenvalue weighted by atomic mass is 16.5. The van der Waals surface area contributed by atoms with Crippen LogP contribution in [0.4, 0.5) is 0 Å². The summed E-state index contributed by atoms with van der Waals surface area (Å²) in [5.74, 6) is -1.01. The maximum atomic E-state index is 12.5. The molecular weight excluding hydrogens is 264 g/mol. The topological polar surface area (TPSA) is 76.2 Å². The number of hydrogen-bond donors (Lipinski definition) is 0. The molecule has 2 amide bonds. The van der Waals surface area contributed by atoms with E-state index in [2.05, 4.69) is 0 Å². The van der Waals surface area contributed by atoms with Crippen molar-refractivity contribution in [3.05, 3.63) is 0 Å². The molecular formula is C13H20N2O5. The van der Waals surface area contributed by atoms with E-state index in [9.17, 15) is 14.4 Å². The minimum Gasteiger partial charge on any atom is -0.467 e. The van der Waals surface area contributed by atoms with Gasteiger partial charge >= 0.3 is 5.97 Å². The average molecular weight is 284 g/mol. The summed E-state index contributed by atoms with van der Waals surface area (Å²) < 4.78 is 9.95. The van der Waals surface area contributed by atoms with E-state index in [1.54, 1.807) is 4.90 Å². The van der Waals surface area contributed by atoms with Gasteiger partial charge in [0.2, 0.25) is 11.8 Å². The fourth-order valence-corrected chi connectivity index (χ4v) is 2.68. The molecule has 2 fully saturated rings. The van der Waals surface area contributed by atoms with Crippen molar-refractivity contribution in [2.24, 2.45) is 5.92 Å². The highest BCUT2D eigenvalue weighted by molar-refractivity contribution is 5.91. The zero-order chi connectivity index (χ0) is 14.7. The van der Waals surface area contributed by atoms with Crippen LogP contribution in [0.15, 0.2) is 0 Å². The molecule has 2 saturated heterocycles. The van der Waals surface area contributed by atoms with Crippen LogP contribution in [-0.4, -0.2) is 73.6 Å². The summed E-state index contributed by atoms with van der Waals surface area (Å²) in [4.78, 5) is 39.1. The number of morpholine rings is 1. The van der Waals surface area contributed by atoms with Crippen LogP contribution >= 0.6 is 0 Å². The number of likely N-dealkylation sites (tertiary alicyclic amines) is 1. The summed E-state index contributed by atoms with van der Waals surface area (Å²) in [5, 5.41) is 0. The van der Waals surface area contributed by atoms with E-state index in [4.69, 9.17) is 9.47 Å². The Morgan fingerprint density at radius 3 is 2.80 bits per heavy atom. The van der Waals surface area contributed by atoms with Crippen molar-refractivity contribution in [2.45, 2.75) is 19.4 Å². The lowest BCUT2D eigenvalue weighted by molar-refractivity contribution is -0.162. The van der Waals surface area contributed by atoms with Gasteiger partial charge < -0.3 is 19.3 Å². The monoisotopic (exact) mass is 284 g/mol. The number of hydrogen-bond acceptors (Lipinski definition) is 5. The minimum atomic E-state index is -0.702. The molecule has 7 nitrogen and oxygen atoms in total. The highest BCUT2D eigenvalue weighted by Crippen LogP contribution is 2.22. The molecule has 0 aromatic heterocycles. The van der Waals surface area contributed by atoms with Crippen LogP contribution < -0.4 is 0 Å². The molecule has 0 spiro atoms. The first-order valence-electron chi connectivity index (χ1n) is 6.82. The first-order valence-corrected chi connectivity index (χ1v) is 6.82. The van der Waals surface area contributed by atoms with Gasteiger partial charge in [0.15, 0.2) is 6.04 Å². The maximum absolute atomic E-state index is 12.5. The Balaban J connectivity index is 2.07. The van der Waals surface area contributed by atoms with Crippen molar-refractivity contribution in [1.29, 1.82) is 0 Å². The molecule has 0 aromatic carbocycles. The quantitative estimate of drug-likeness (QED) is 0.638. The van der Waals surface area contributed by atoms with E-state index in [-0.39, 0.29) is 30.8 Å². The van der Waals surface area contributed by atoms with E-state index in [1.807, 2.05) is 6.92 Å². The molecule has 2 unspecified atom stereocenters. The molecule has 0 bridgehead atoms. The van der Waals surface area contributed by atoms with Gasteiger partial charge in [0, 0.05) is 26.1 Å². The highest BCUT2D eigenvalue weighted by Gasteiger charge is 2.41. The van der Waals surface area contributed by atoms with Crippen LogP contribution in [-0.2, 0) is 23.9 Å². The van der Waals surface area contributed by atoms with Crippen molar-refractivity contribution in [2.75, 3.05) is 40.0 Å². The molecule has 2 aliphatic rings. The SMILES string of the molecule is CCN1CC(C(=O)N2CCOCC2C(=O)OC)CC1=O. The predicted octanol–water partition coefficient (Wildman–Crippen LogP) is -0.745. The zero-order valence-corrected chi connectivity index (χ0v) is 11.8. The van der Waals surface area contributed by atoms with Crippen molar-refractivity contribution >= 4 is 17.8 Å². The van der Waals surface area contributed by atoms with Gasteiger partial charge in [-0.2, -0.15) is 0 Å². The van der Waals surface area contributed by atoms with Gasteiger partial charge in [-0.1, -0.05) is 0 Å². The third-order valence-corrected chi connectivity index (χ3v) is 3.83. The zero-order valence-electron chi connectivity index (χ0n) is 11.8. The number of methoxy groups -OCH3 is 1. The number of rotatable bonds is 3. The molecule has 0 aliphatic carbocycles. The van der Waals surface area contributed by atoms with Crippen LogP contribution in [0.5, 0.6) is 0 Å². The van der Waals surface area contributed by atoms with Crippen LogP contribution in [0.25, 0.3) is 0 Å². The van der Waals surface area contributed by atoms with Gasteiger partial charge in [0.25, 0.3) is 0 Å². The number of carbonyl (C=O) groups is 3. The van der Waals surface area contributed by atoms with Crippen molar-refractivity contribution in [3.8, 4) is 0 Å². The molecule has 7 heteroatoms. The normalized spacial score (nSPS) is 26.8. The van der Waals surface area contributed by atoms with Crippen LogP contribution in [0, 0.1) is 5.92 Å². The third kappa shape index (κ3) is 2.77. The average Bonchev–Trinajstić information content (AvgIpc) is 2.86. The minimum absolute atomic E-state index is 0.00581. The summed E-state index contributed by atoms with van der Waals surface area (Å²) in [5.41, 5.74) is 0. The van der Waals surface area contributed by atoms with E-state index in [0.29, 0.717) is 26.2 Å². The third-order valence-electron chi connectivity index (χ3n) is 3.83. The second-order valence-electron chi connectivity index (χ2n) is 4.98. The molecule has 0 saturated carbocycles. The van der Waals surface area contributed by atoms with Crippen LogP contribution in [0.1, 0.15) is 13.3 Å². The fraction of sp³-hybridized carbons (Fsp3) is 0.769. The van der Waals surface area contributed by atoms with Crippen molar-refractivity contribution in [3.63, 3.8) is 0 Å². The van der Waals surface area contributed by atoms with Crippen molar-refractivity contribution in [1.82, 2.24) is 9.80 Å². The number of carbonyl (C=O) groups excluding carboxylic acids is 3. The van der Waals surface area contributed by atoms with Gasteiger partial charge in [-0.15, -0.1) is 0 Å². The smallest absolute Gasteiger partial charge is 0.331 e. The van der Waals surface area contributed by atoms with Gasteiger partial charge in [-0.25, -0.2) is 4.79 Å². The molecule has 0 N–H and O–H groups in total. The molecule has 2 atom stereocenters. The van der Waals surface area contributed by atoms with Crippen LogP contribution in [0.3, 0.4) is 0 Å². The van der Waals surface area contributed by atoms with E-state index >= 15 is 0 Å². The Morgan fingerprint density at radius 2 is 2.20 bits per heavy atom. The van der Waals surface area contributed by atoms with Gasteiger partial charge in [0.05, 0.1) is 26.2 Å². The molecule has 2 heterocycles. The number of ether oxygens (including phenoxy) is 2. The first kappa shape index (κ1) is 14.8. The number of amides is 2. The van der Waals surface area contributed by atoms with E-state index < -0.39 is 12.0 Å². The first-order chi connectivity index (χ1) is 9.58. The molecule has 2 aliphatic heterocycles. The standard InChI is InChI=1S/C13H20N2O5/c1-3-14-7-9(6-11(14)16)12(17)15-4-5-20-8-10(15)13(18)19-2/h9-10H,3-8H2,1-2H3. The fourth-order valence-electron chi connectivity index (χ4n) is 2.68. The summed E-state index contributed by atoms with van der Waals surface area (Å²) in [6, 6.07) is -0.702. The summed E-state index contributed by atoms with van der Waals surface area (Å²) in [6.07, 6.45) is 0.220. The number of nitrogens with zero attached hydrogens (tertiary/aromatic N) is 2. The Morgan fingerprint density at radius 1 is 1.45 bits per heavy atom. The van der Waals surface area contributed by atoms with Crippen LogP contribution in [0.2, 0.25) is 0 Å². The molecule has 2 rings (SSSR count). The van der Waals surface area contributed by atoms with E-state index in [0.717, 1.165) is 0 Å². The van der Waals surface area contributed by atoms with Crippen molar-refractivity contribution < 1.29 is 23.9 Å². The summed E-state index contributed by atoms with van der Waals surface area (Å²) in [6.45, 7) is 3.83. The summed E-state index contributed by atoms with van der Waals surface area (Å²) >= 11 is 0. The lowest BCUT2D eigenvalue weighted by Crippen LogP contribution is -2.54. The Kier molecular flexibility index (Phi) is 4.59. The van der Waals surface area contributed by atoms with Gasteiger partial charge in [0.1, 0.15) is 0 Å². The lowest BCUT2D eigenvalue weighted by Gasteiger charge is -2.35. The lowest BCUT2D eigenvalue weighted by atomic mass is 10.1. The molecule has 0 aromatic rings. The Bertz CT molecular complexity index is 412. The molecule has 0 radical (unpaired) electrons. The Hall–Kier alpha value is -1.63. The predicted molar refractivity (Wildman–Crippen MR) is 68.7 cm³/mol. The summed E-state index contributed by atoms with van der Waals surface area (Å²) in [7, 11) is 1.29.